The first-order valence-corrected chi connectivity index (χ1v) is 8.70. The second kappa shape index (κ2) is 6.27. The summed E-state index contributed by atoms with van der Waals surface area (Å²) in [7, 11) is 0. The van der Waals surface area contributed by atoms with Gasteiger partial charge in [0.1, 0.15) is 16.7 Å². The van der Waals surface area contributed by atoms with E-state index in [1.54, 1.807) is 30.1 Å². The van der Waals surface area contributed by atoms with E-state index in [-0.39, 0.29) is 5.56 Å². The maximum atomic E-state index is 12.5. The number of fused-ring (bicyclic) bond motifs is 1. The first-order valence-electron chi connectivity index (χ1n) is 7.55. The van der Waals surface area contributed by atoms with E-state index in [9.17, 15) is 19.5 Å². The summed E-state index contributed by atoms with van der Waals surface area (Å²) in [5.74, 6) is -0.459. The van der Waals surface area contributed by atoms with Crippen molar-refractivity contribution in [2.45, 2.75) is 25.3 Å². The minimum atomic E-state index is -1.32. The van der Waals surface area contributed by atoms with Crippen LogP contribution < -0.4 is 10.9 Å². The van der Waals surface area contributed by atoms with Crippen LogP contribution in [0.15, 0.2) is 29.3 Å². The molecule has 1 aliphatic rings. The molecule has 1 aliphatic heterocycles. The Morgan fingerprint density at radius 3 is 2.75 bits per heavy atom. The molecular weight excluding hydrogens is 330 g/mol. The summed E-state index contributed by atoms with van der Waals surface area (Å²) in [6, 6.07) is 3.48. The van der Waals surface area contributed by atoms with Crippen LogP contribution in [0.3, 0.4) is 0 Å². The Bertz CT molecular complexity index is 871. The van der Waals surface area contributed by atoms with Crippen molar-refractivity contribution in [1.29, 1.82) is 0 Å². The largest absolute Gasteiger partial charge is 0.480 e. The van der Waals surface area contributed by atoms with Gasteiger partial charge < -0.3 is 10.4 Å². The molecule has 7 nitrogen and oxygen atoms in total. The molecule has 0 saturated carbocycles. The van der Waals surface area contributed by atoms with E-state index in [4.69, 9.17) is 0 Å². The zero-order valence-electron chi connectivity index (χ0n) is 13.1. The lowest BCUT2D eigenvalue weighted by molar-refractivity contribution is -0.144. The van der Waals surface area contributed by atoms with Crippen LogP contribution in [-0.2, 0) is 4.79 Å². The van der Waals surface area contributed by atoms with Gasteiger partial charge in [0, 0.05) is 12.4 Å². The van der Waals surface area contributed by atoms with Gasteiger partial charge in [-0.25, -0.2) is 9.78 Å². The molecule has 0 radical (unpaired) electrons. The van der Waals surface area contributed by atoms with Gasteiger partial charge in [-0.05, 0) is 49.0 Å². The van der Waals surface area contributed by atoms with Gasteiger partial charge in [-0.15, -0.1) is 0 Å². The van der Waals surface area contributed by atoms with Crippen LogP contribution in [0.5, 0.6) is 0 Å². The number of nitrogens with one attached hydrogen (secondary N) is 1. The number of thioether (sulfide) groups is 1. The van der Waals surface area contributed by atoms with Gasteiger partial charge in [0.2, 0.25) is 0 Å². The van der Waals surface area contributed by atoms with Crippen LogP contribution in [0.1, 0.15) is 28.8 Å². The fraction of sp³-hybridized carbons (Fsp3) is 0.375. The molecule has 3 heterocycles. The van der Waals surface area contributed by atoms with Crippen molar-refractivity contribution in [3.63, 3.8) is 0 Å². The maximum absolute atomic E-state index is 12.5. The number of carboxylic acid groups (broad SMARTS) is 1. The molecule has 1 amide bonds. The van der Waals surface area contributed by atoms with Gasteiger partial charge in [0.25, 0.3) is 11.5 Å². The highest BCUT2D eigenvalue weighted by Gasteiger charge is 2.41. The molecule has 126 valence electrons. The Morgan fingerprint density at radius 1 is 1.38 bits per heavy atom. The highest BCUT2D eigenvalue weighted by molar-refractivity contribution is 7.99. The van der Waals surface area contributed by atoms with Crippen molar-refractivity contribution >= 4 is 29.3 Å². The molecule has 2 aromatic rings. The minimum absolute atomic E-state index is 0.157. The van der Waals surface area contributed by atoms with E-state index in [2.05, 4.69) is 10.3 Å². The molecule has 0 aromatic carbocycles. The monoisotopic (exact) mass is 347 g/mol. The SMILES string of the molecule is Cc1ccn2c(=O)c(C(=O)NC3(C(=O)O)CCSCC3)cnc2c1. The Morgan fingerprint density at radius 2 is 2.08 bits per heavy atom. The summed E-state index contributed by atoms with van der Waals surface area (Å²) in [5.41, 5.74) is -0.595. The van der Waals surface area contributed by atoms with Gasteiger partial charge in [-0.3, -0.25) is 14.0 Å². The van der Waals surface area contributed by atoms with Crippen molar-refractivity contribution in [2.75, 3.05) is 11.5 Å². The lowest BCUT2D eigenvalue weighted by Gasteiger charge is -2.33. The smallest absolute Gasteiger partial charge is 0.329 e. The topological polar surface area (TPSA) is 101 Å². The van der Waals surface area contributed by atoms with Crippen LogP contribution in [0.25, 0.3) is 5.65 Å². The Labute approximate surface area is 142 Å². The number of nitrogens with zero attached hydrogens (tertiary/aromatic N) is 2. The molecule has 0 aliphatic carbocycles. The van der Waals surface area contributed by atoms with Crippen LogP contribution in [0, 0.1) is 6.92 Å². The van der Waals surface area contributed by atoms with Gasteiger partial charge in [-0.2, -0.15) is 11.8 Å². The number of amides is 1. The molecular formula is C16H17N3O4S. The quantitative estimate of drug-likeness (QED) is 0.862. The highest BCUT2D eigenvalue weighted by atomic mass is 32.2. The number of carbonyl (C=O) groups is 2. The minimum Gasteiger partial charge on any atom is -0.480 e. The molecule has 0 bridgehead atoms. The number of carboxylic acids is 1. The molecule has 2 aromatic heterocycles. The molecule has 8 heteroatoms. The standard InChI is InChI=1S/C16H17N3O4S/c1-10-2-5-19-12(8-10)17-9-11(14(19)21)13(20)18-16(15(22)23)3-6-24-7-4-16/h2,5,8-9H,3-4,6-7H2,1H3,(H,18,20)(H,22,23). The molecule has 0 atom stereocenters. The summed E-state index contributed by atoms with van der Waals surface area (Å²) in [6.07, 6.45) is 3.43. The molecule has 0 spiro atoms. The van der Waals surface area contributed by atoms with Crippen LogP contribution in [-0.4, -0.2) is 43.4 Å². The van der Waals surface area contributed by atoms with E-state index >= 15 is 0 Å². The molecule has 1 saturated heterocycles. The van der Waals surface area contributed by atoms with E-state index in [0.29, 0.717) is 30.0 Å². The van der Waals surface area contributed by atoms with Crippen molar-refractivity contribution in [3.8, 4) is 0 Å². The lowest BCUT2D eigenvalue weighted by Crippen LogP contribution is -2.57. The summed E-state index contributed by atoms with van der Waals surface area (Å²) in [4.78, 5) is 40.8. The Hall–Kier alpha value is -2.35. The number of aliphatic carboxylic acids is 1. The molecule has 0 unspecified atom stereocenters. The molecule has 24 heavy (non-hydrogen) atoms. The third kappa shape index (κ3) is 2.89. The third-order valence-electron chi connectivity index (χ3n) is 4.22. The van der Waals surface area contributed by atoms with Crippen molar-refractivity contribution in [2.24, 2.45) is 0 Å². The van der Waals surface area contributed by atoms with Crippen LogP contribution in [0.2, 0.25) is 0 Å². The molecule has 1 fully saturated rings. The second-order valence-corrected chi connectivity index (χ2v) is 7.09. The van der Waals surface area contributed by atoms with Crippen LogP contribution in [0.4, 0.5) is 0 Å². The van der Waals surface area contributed by atoms with Crippen LogP contribution >= 0.6 is 11.8 Å². The summed E-state index contributed by atoms with van der Waals surface area (Å²) < 4.78 is 1.28. The first-order chi connectivity index (χ1) is 11.4. The number of pyridine rings is 1. The summed E-state index contributed by atoms with van der Waals surface area (Å²) >= 11 is 1.65. The number of hydrogen-bond acceptors (Lipinski definition) is 5. The van der Waals surface area contributed by atoms with Gasteiger partial charge in [0.15, 0.2) is 0 Å². The number of hydrogen-bond donors (Lipinski definition) is 2. The van der Waals surface area contributed by atoms with Crippen molar-refractivity contribution < 1.29 is 14.7 Å². The number of rotatable bonds is 3. The third-order valence-corrected chi connectivity index (χ3v) is 5.20. The number of aryl methyl sites for hydroxylation is 1. The fourth-order valence-electron chi connectivity index (χ4n) is 2.73. The van der Waals surface area contributed by atoms with Crippen molar-refractivity contribution in [3.05, 3.63) is 46.0 Å². The van der Waals surface area contributed by atoms with E-state index in [1.165, 1.54) is 10.6 Å². The summed E-state index contributed by atoms with van der Waals surface area (Å²) in [5, 5.41) is 12.1. The van der Waals surface area contributed by atoms with E-state index in [0.717, 1.165) is 5.56 Å². The summed E-state index contributed by atoms with van der Waals surface area (Å²) in [6.45, 7) is 1.88. The Balaban J connectivity index is 1.96. The second-order valence-electron chi connectivity index (χ2n) is 5.86. The average Bonchev–Trinajstić information content (AvgIpc) is 2.55. The van der Waals surface area contributed by atoms with E-state index in [1.807, 2.05) is 6.92 Å². The molecule has 2 N–H and O–H groups in total. The molecule has 3 rings (SSSR count). The zero-order chi connectivity index (χ0) is 17.3. The average molecular weight is 347 g/mol. The Kier molecular flexibility index (Phi) is 4.31. The number of carbonyl (C=O) groups excluding carboxylic acids is 1. The predicted octanol–water partition coefficient (Wildman–Crippen LogP) is 1.08. The van der Waals surface area contributed by atoms with Gasteiger partial charge in [0.05, 0.1) is 0 Å². The number of aromatic nitrogens is 2. The first kappa shape index (κ1) is 16.5. The van der Waals surface area contributed by atoms with Gasteiger partial charge >= 0.3 is 5.97 Å². The maximum Gasteiger partial charge on any atom is 0.329 e. The van der Waals surface area contributed by atoms with Gasteiger partial charge in [-0.1, -0.05) is 0 Å². The van der Waals surface area contributed by atoms with E-state index < -0.39 is 23.0 Å². The normalized spacial score (nSPS) is 16.7. The van der Waals surface area contributed by atoms with Crippen molar-refractivity contribution in [1.82, 2.24) is 14.7 Å². The lowest BCUT2D eigenvalue weighted by atomic mass is 9.92. The fourth-order valence-corrected chi connectivity index (χ4v) is 3.92. The predicted molar refractivity (Wildman–Crippen MR) is 90.6 cm³/mol. The zero-order valence-corrected chi connectivity index (χ0v) is 13.9. The highest BCUT2D eigenvalue weighted by Crippen LogP contribution is 2.27.